The van der Waals surface area contributed by atoms with Crippen molar-refractivity contribution in [2.45, 2.75) is 6.18 Å². The van der Waals surface area contributed by atoms with E-state index >= 15 is 0 Å². The van der Waals surface area contributed by atoms with E-state index in [-0.39, 0.29) is 12.4 Å². The Morgan fingerprint density at radius 1 is 0.955 bits per heavy atom. The summed E-state index contributed by atoms with van der Waals surface area (Å²) >= 11 is 0. The third-order valence-electron chi connectivity index (χ3n) is 3.49. The number of hydrogen-bond donors (Lipinski definition) is 0. The molecule has 1 heterocycles. The van der Waals surface area contributed by atoms with Crippen LogP contribution in [0.1, 0.15) is 16.7 Å². The molecular formula is C17H14ClF3N. The Bertz CT molecular complexity index is 773. The fourth-order valence-corrected chi connectivity index (χ4v) is 2.44. The molecule has 1 radical (unpaired) electrons. The van der Waals surface area contributed by atoms with Gasteiger partial charge < -0.3 is 4.57 Å². The van der Waals surface area contributed by atoms with E-state index in [0.29, 0.717) is 0 Å². The zero-order valence-corrected chi connectivity index (χ0v) is 12.6. The Morgan fingerprint density at radius 3 is 2.23 bits per heavy atom. The maximum Gasteiger partial charge on any atom is 0.416 e. The van der Waals surface area contributed by atoms with Crippen LogP contribution in [0.3, 0.4) is 0 Å². The van der Waals surface area contributed by atoms with Crippen LogP contribution in [0.25, 0.3) is 10.9 Å². The first-order chi connectivity index (χ1) is 9.95. The van der Waals surface area contributed by atoms with Crippen LogP contribution in [-0.4, -0.2) is 4.57 Å². The van der Waals surface area contributed by atoms with Crippen molar-refractivity contribution in [1.29, 1.82) is 0 Å². The fraction of sp³-hybridized carbons (Fsp3) is 0.118. The number of para-hydroxylation sites is 1. The molecule has 5 heteroatoms. The summed E-state index contributed by atoms with van der Waals surface area (Å²) < 4.78 is 39.6. The normalized spacial score (nSPS) is 11.5. The summed E-state index contributed by atoms with van der Waals surface area (Å²) in [5.74, 6) is 0. The van der Waals surface area contributed by atoms with E-state index in [2.05, 4.69) is 0 Å². The Labute approximate surface area is 132 Å². The lowest BCUT2D eigenvalue weighted by Crippen LogP contribution is -2.04. The van der Waals surface area contributed by atoms with Crippen molar-refractivity contribution in [2.75, 3.05) is 0 Å². The lowest BCUT2D eigenvalue weighted by molar-refractivity contribution is -0.137. The molecule has 3 aromatic rings. The number of nitrogens with zero attached hydrogens (tertiary/aromatic N) is 1. The minimum Gasteiger partial charge on any atom is -0.350 e. The van der Waals surface area contributed by atoms with E-state index in [0.717, 1.165) is 34.2 Å². The number of halogens is 4. The SMILES string of the molecule is Cl.Cn1cc([CH]c2ccc(C(F)(F)F)cc2)c2ccccc21. The molecular weight excluding hydrogens is 311 g/mol. The summed E-state index contributed by atoms with van der Waals surface area (Å²) in [6.45, 7) is 0. The molecule has 0 aliphatic carbocycles. The molecule has 1 aromatic heterocycles. The van der Waals surface area contributed by atoms with Crippen LogP contribution in [0.15, 0.2) is 54.7 Å². The number of fused-ring (bicyclic) bond motifs is 1. The first kappa shape index (κ1) is 16.4. The molecule has 0 atom stereocenters. The van der Waals surface area contributed by atoms with E-state index in [1.165, 1.54) is 12.1 Å². The number of rotatable bonds is 2. The molecule has 2 aromatic carbocycles. The summed E-state index contributed by atoms with van der Waals surface area (Å²) in [5, 5.41) is 1.08. The van der Waals surface area contributed by atoms with Gasteiger partial charge in [0.15, 0.2) is 0 Å². The topological polar surface area (TPSA) is 4.93 Å². The average molecular weight is 325 g/mol. The molecule has 0 amide bonds. The monoisotopic (exact) mass is 324 g/mol. The minimum absolute atomic E-state index is 0. The van der Waals surface area contributed by atoms with E-state index in [4.69, 9.17) is 0 Å². The van der Waals surface area contributed by atoms with Crippen LogP contribution in [-0.2, 0) is 13.2 Å². The highest BCUT2D eigenvalue weighted by Gasteiger charge is 2.29. The number of aryl methyl sites for hydroxylation is 1. The van der Waals surface area contributed by atoms with E-state index < -0.39 is 11.7 Å². The summed E-state index contributed by atoms with van der Waals surface area (Å²) in [7, 11) is 1.95. The summed E-state index contributed by atoms with van der Waals surface area (Å²) in [5.41, 5.74) is 2.21. The lowest BCUT2D eigenvalue weighted by atomic mass is 10.0. The van der Waals surface area contributed by atoms with Gasteiger partial charge in [0.05, 0.1) is 5.56 Å². The van der Waals surface area contributed by atoms with Crippen LogP contribution in [0, 0.1) is 6.42 Å². The van der Waals surface area contributed by atoms with Gasteiger partial charge in [-0.15, -0.1) is 12.4 Å². The third-order valence-corrected chi connectivity index (χ3v) is 3.49. The van der Waals surface area contributed by atoms with Gasteiger partial charge in [-0.2, -0.15) is 13.2 Å². The zero-order chi connectivity index (χ0) is 15.0. The predicted molar refractivity (Wildman–Crippen MR) is 84.1 cm³/mol. The zero-order valence-electron chi connectivity index (χ0n) is 11.8. The van der Waals surface area contributed by atoms with Gasteiger partial charge in [0.2, 0.25) is 0 Å². The molecule has 1 nitrogen and oxygen atoms in total. The Balaban J connectivity index is 0.00000176. The van der Waals surface area contributed by atoms with Gasteiger partial charge in [0, 0.05) is 30.6 Å². The van der Waals surface area contributed by atoms with Crippen molar-refractivity contribution in [2.24, 2.45) is 7.05 Å². The molecule has 0 aliphatic heterocycles. The molecule has 0 bridgehead atoms. The molecule has 0 spiro atoms. The van der Waals surface area contributed by atoms with Crippen molar-refractivity contribution in [3.63, 3.8) is 0 Å². The summed E-state index contributed by atoms with van der Waals surface area (Å²) in [4.78, 5) is 0. The van der Waals surface area contributed by atoms with Crippen LogP contribution in [0.5, 0.6) is 0 Å². The molecule has 22 heavy (non-hydrogen) atoms. The van der Waals surface area contributed by atoms with Crippen LogP contribution in [0.4, 0.5) is 13.2 Å². The van der Waals surface area contributed by atoms with Gasteiger partial charge in [0.25, 0.3) is 0 Å². The minimum atomic E-state index is -4.29. The first-order valence-corrected chi connectivity index (χ1v) is 6.51. The molecule has 0 saturated carbocycles. The standard InChI is InChI=1S/C17H13F3N.ClH/c1-21-11-13(15-4-2-3-5-16(15)21)10-12-6-8-14(9-7-12)17(18,19)20;/h2-11H,1H3;1H. The van der Waals surface area contributed by atoms with Gasteiger partial charge in [-0.1, -0.05) is 30.3 Å². The van der Waals surface area contributed by atoms with Gasteiger partial charge in [0.1, 0.15) is 0 Å². The maximum atomic E-state index is 12.5. The predicted octanol–water partition coefficient (Wildman–Crippen LogP) is 5.22. The van der Waals surface area contributed by atoms with Crippen molar-refractivity contribution in [3.8, 4) is 0 Å². The van der Waals surface area contributed by atoms with E-state index in [1.54, 1.807) is 0 Å². The summed E-state index contributed by atoms with van der Waals surface area (Å²) in [6, 6.07) is 13.1. The molecule has 0 saturated heterocycles. The second-order valence-electron chi connectivity index (χ2n) is 4.98. The Hall–Kier alpha value is -1.94. The molecule has 0 aliphatic rings. The number of aromatic nitrogens is 1. The summed E-state index contributed by atoms with van der Waals surface area (Å²) in [6.07, 6.45) is -0.428. The second-order valence-corrected chi connectivity index (χ2v) is 4.98. The second kappa shape index (κ2) is 6.05. The van der Waals surface area contributed by atoms with Crippen molar-refractivity contribution in [1.82, 2.24) is 4.57 Å². The van der Waals surface area contributed by atoms with E-state index in [9.17, 15) is 13.2 Å². The van der Waals surface area contributed by atoms with Gasteiger partial charge in [-0.05, 0) is 29.3 Å². The Kier molecular flexibility index (Phi) is 4.52. The number of hydrogen-bond acceptors (Lipinski definition) is 0. The fourth-order valence-electron chi connectivity index (χ4n) is 2.44. The van der Waals surface area contributed by atoms with Gasteiger partial charge in [-0.3, -0.25) is 0 Å². The van der Waals surface area contributed by atoms with Crippen LogP contribution < -0.4 is 0 Å². The number of alkyl halides is 3. The molecule has 0 unspecified atom stereocenters. The highest BCUT2D eigenvalue weighted by atomic mass is 35.5. The highest BCUT2D eigenvalue weighted by molar-refractivity contribution is 5.86. The first-order valence-electron chi connectivity index (χ1n) is 6.51. The molecule has 115 valence electrons. The van der Waals surface area contributed by atoms with Crippen molar-refractivity contribution < 1.29 is 13.2 Å². The number of benzene rings is 2. The Morgan fingerprint density at radius 2 is 1.59 bits per heavy atom. The lowest BCUT2D eigenvalue weighted by Gasteiger charge is -2.07. The average Bonchev–Trinajstić information content (AvgIpc) is 2.76. The quantitative estimate of drug-likeness (QED) is 0.609. The molecule has 0 fully saturated rings. The molecule has 0 N–H and O–H groups in total. The highest BCUT2D eigenvalue weighted by Crippen LogP contribution is 2.30. The van der Waals surface area contributed by atoms with Crippen LogP contribution >= 0.6 is 12.4 Å². The van der Waals surface area contributed by atoms with Gasteiger partial charge in [-0.25, -0.2) is 0 Å². The smallest absolute Gasteiger partial charge is 0.350 e. The largest absolute Gasteiger partial charge is 0.416 e. The molecule has 3 rings (SSSR count). The van der Waals surface area contributed by atoms with Crippen molar-refractivity contribution >= 4 is 23.3 Å². The van der Waals surface area contributed by atoms with Crippen molar-refractivity contribution in [3.05, 3.63) is 77.8 Å². The maximum absolute atomic E-state index is 12.5. The third kappa shape index (κ3) is 3.12. The van der Waals surface area contributed by atoms with Crippen LogP contribution in [0.2, 0.25) is 0 Å². The van der Waals surface area contributed by atoms with Gasteiger partial charge >= 0.3 is 6.18 Å². The van der Waals surface area contributed by atoms with E-state index in [1.807, 2.05) is 48.5 Å².